The van der Waals surface area contributed by atoms with Gasteiger partial charge in [0.15, 0.2) is 0 Å². The lowest BCUT2D eigenvalue weighted by Gasteiger charge is -1.98. The van der Waals surface area contributed by atoms with Gasteiger partial charge in [-0.15, -0.1) is 0 Å². The zero-order valence-electron chi connectivity index (χ0n) is 6.37. The summed E-state index contributed by atoms with van der Waals surface area (Å²) < 4.78 is 17.9. The van der Waals surface area contributed by atoms with Gasteiger partial charge in [-0.2, -0.15) is 4.98 Å². The van der Waals surface area contributed by atoms with Gasteiger partial charge in [0.2, 0.25) is 12.2 Å². The highest BCUT2D eigenvalue weighted by Gasteiger charge is 2.10. The molecule has 66 valence electrons. The van der Waals surface area contributed by atoms with Crippen LogP contribution in [0.25, 0.3) is 11.4 Å². The quantitative estimate of drug-likeness (QED) is 0.772. The zero-order chi connectivity index (χ0) is 9.26. The van der Waals surface area contributed by atoms with Crippen LogP contribution in [-0.2, 0) is 0 Å². The lowest BCUT2D eigenvalue weighted by atomic mass is 10.2. The standard InChI is InChI=1S/C8H4BrFN2O/c9-7-5(2-1-3-6(7)10)8-11-4-13-12-8/h1-4H. The van der Waals surface area contributed by atoms with Crippen LogP contribution in [0.3, 0.4) is 0 Å². The molecule has 0 bridgehead atoms. The first-order valence-electron chi connectivity index (χ1n) is 3.50. The van der Waals surface area contributed by atoms with E-state index in [1.807, 2.05) is 0 Å². The second-order valence-corrected chi connectivity index (χ2v) is 3.15. The molecular formula is C8H4BrFN2O. The van der Waals surface area contributed by atoms with Gasteiger partial charge in [0, 0.05) is 5.56 Å². The predicted molar refractivity (Wildman–Crippen MR) is 47.4 cm³/mol. The van der Waals surface area contributed by atoms with Gasteiger partial charge in [-0.05, 0) is 28.1 Å². The van der Waals surface area contributed by atoms with Crippen LogP contribution in [0.15, 0.2) is 33.6 Å². The van der Waals surface area contributed by atoms with Crippen LogP contribution in [0.5, 0.6) is 0 Å². The lowest BCUT2D eigenvalue weighted by molar-refractivity contribution is 0.418. The maximum atomic E-state index is 13.0. The monoisotopic (exact) mass is 242 g/mol. The minimum Gasteiger partial charge on any atom is -0.342 e. The third kappa shape index (κ3) is 1.47. The maximum absolute atomic E-state index is 13.0. The van der Waals surface area contributed by atoms with E-state index in [1.54, 1.807) is 12.1 Å². The van der Waals surface area contributed by atoms with Crippen molar-refractivity contribution in [2.75, 3.05) is 0 Å². The molecule has 2 aromatic rings. The summed E-state index contributed by atoms with van der Waals surface area (Å²) in [6, 6.07) is 4.65. The summed E-state index contributed by atoms with van der Waals surface area (Å²) in [4.78, 5) is 3.81. The number of aromatic nitrogens is 2. The zero-order valence-corrected chi connectivity index (χ0v) is 7.95. The van der Waals surface area contributed by atoms with Crippen molar-refractivity contribution in [2.24, 2.45) is 0 Å². The number of hydrogen-bond acceptors (Lipinski definition) is 3. The normalized spacial score (nSPS) is 10.3. The molecule has 0 aliphatic heterocycles. The van der Waals surface area contributed by atoms with E-state index in [0.717, 1.165) is 0 Å². The number of rotatable bonds is 1. The predicted octanol–water partition coefficient (Wildman–Crippen LogP) is 2.64. The van der Waals surface area contributed by atoms with Crippen LogP contribution < -0.4 is 0 Å². The Morgan fingerprint density at radius 2 is 2.23 bits per heavy atom. The average molecular weight is 243 g/mol. The van der Waals surface area contributed by atoms with E-state index in [4.69, 9.17) is 0 Å². The maximum Gasteiger partial charge on any atom is 0.214 e. The molecule has 1 aromatic heterocycles. The van der Waals surface area contributed by atoms with Crippen LogP contribution in [-0.4, -0.2) is 10.1 Å². The molecule has 13 heavy (non-hydrogen) atoms. The van der Waals surface area contributed by atoms with Gasteiger partial charge in [0.1, 0.15) is 5.82 Å². The highest BCUT2D eigenvalue weighted by atomic mass is 79.9. The Morgan fingerprint density at radius 1 is 1.38 bits per heavy atom. The van der Waals surface area contributed by atoms with Crippen molar-refractivity contribution in [3.05, 3.63) is 34.9 Å². The summed E-state index contributed by atoms with van der Waals surface area (Å²) in [7, 11) is 0. The number of halogens is 2. The topological polar surface area (TPSA) is 38.9 Å². The van der Waals surface area contributed by atoms with Gasteiger partial charge in [0.05, 0.1) is 4.47 Å². The van der Waals surface area contributed by atoms with E-state index in [2.05, 4.69) is 30.6 Å². The second kappa shape index (κ2) is 3.26. The Balaban J connectivity index is 2.59. The summed E-state index contributed by atoms with van der Waals surface area (Å²) in [6.45, 7) is 0. The molecular weight excluding hydrogens is 239 g/mol. The van der Waals surface area contributed by atoms with Gasteiger partial charge >= 0.3 is 0 Å². The first-order valence-corrected chi connectivity index (χ1v) is 4.29. The first-order chi connectivity index (χ1) is 6.29. The molecule has 0 spiro atoms. The molecule has 1 aromatic carbocycles. The number of nitrogens with zero attached hydrogens (tertiary/aromatic N) is 2. The van der Waals surface area contributed by atoms with E-state index < -0.39 is 0 Å². The molecule has 0 aliphatic rings. The number of benzene rings is 1. The fourth-order valence-electron chi connectivity index (χ4n) is 0.966. The van der Waals surface area contributed by atoms with Crippen molar-refractivity contribution in [1.29, 1.82) is 0 Å². The summed E-state index contributed by atoms with van der Waals surface area (Å²) in [5.74, 6) is 0.0219. The molecule has 0 aliphatic carbocycles. The Labute approximate surface area is 81.7 Å². The molecule has 2 rings (SSSR count). The Bertz CT molecular complexity index is 416. The van der Waals surface area contributed by atoms with E-state index in [-0.39, 0.29) is 5.82 Å². The van der Waals surface area contributed by atoms with Gasteiger partial charge < -0.3 is 4.52 Å². The molecule has 0 radical (unpaired) electrons. The molecule has 0 N–H and O–H groups in total. The lowest BCUT2D eigenvalue weighted by Crippen LogP contribution is -1.85. The van der Waals surface area contributed by atoms with Crippen molar-refractivity contribution in [1.82, 2.24) is 10.1 Å². The van der Waals surface area contributed by atoms with E-state index in [0.29, 0.717) is 15.9 Å². The van der Waals surface area contributed by atoms with Crippen molar-refractivity contribution >= 4 is 15.9 Å². The Morgan fingerprint density at radius 3 is 2.92 bits per heavy atom. The largest absolute Gasteiger partial charge is 0.342 e. The van der Waals surface area contributed by atoms with Gasteiger partial charge in [0.25, 0.3) is 0 Å². The number of hydrogen-bond donors (Lipinski definition) is 0. The van der Waals surface area contributed by atoms with Crippen LogP contribution in [0, 0.1) is 5.82 Å². The average Bonchev–Trinajstić information content (AvgIpc) is 2.62. The highest BCUT2D eigenvalue weighted by molar-refractivity contribution is 9.10. The van der Waals surface area contributed by atoms with Gasteiger partial charge in [-0.1, -0.05) is 11.2 Å². The fraction of sp³-hybridized carbons (Fsp3) is 0. The minimum absolute atomic E-state index is 0.344. The van der Waals surface area contributed by atoms with Crippen molar-refractivity contribution in [3.63, 3.8) is 0 Å². The van der Waals surface area contributed by atoms with Crippen LogP contribution in [0.2, 0.25) is 0 Å². The minimum atomic E-state index is -0.345. The molecule has 0 atom stereocenters. The second-order valence-electron chi connectivity index (χ2n) is 2.36. The Hall–Kier alpha value is -1.23. The highest BCUT2D eigenvalue weighted by Crippen LogP contribution is 2.27. The van der Waals surface area contributed by atoms with Crippen LogP contribution in [0.4, 0.5) is 4.39 Å². The van der Waals surface area contributed by atoms with E-state index in [9.17, 15) is 4.39 Å². The van der Waals surface area contributed by atoms with E-state index >= 15 is 0 Å². The third-order valence-electron chi connectivity index (χ3n) is 1.55. The first kappa shape index (κ1) is 8.37. The molecule has 0 saturated carbocycles. The molecule has 0 saturated heterocycles. The summed E-state index contributed by atoms with van der Waals surface area (Å²) >= 11 is 3.10. The molecule has 0 amide bonds. The molecule has 1 heterocycles. The van der Waals surface area contributed by atoms with Crippen LogP contribution >= 0.6 is 15.9 Å². The molecule has 3 nitrogen and oxygen atoms in total. The van der Waals surface area contributed by atoms with Crippen molar-refractivity contribution < 1.29 is 8.91 Å². The third-order valence-corrected chi connectivity index (χ3v) is 2.36. The van der Waals surface area contributed by atoms with Crippen molar-refractivity contribution in [3.8, 4) is 11.4 Å². The van der Waals surface area contributed by atoms with Gasteiger partial charge in [-0.25, -0.2) is 4.39 Å². The van der Waals surface area contributed by atoms with Crippen molar-refractivity contribution in [2.45, 2.75) is 0 Å². The summed E-state index contributed by atoms with van der Waals surface area (Å²) in [5.41, 5.74) is 0.578. The van der Waals surface area contributed by atoms with Crippen LogP contribution in [0.1, 0.15) is 0 Å². The smallest absolute Gasteiger partial charge is 0.214 e. The SMILES string of the molecule is Fc1cccc(-c2ncon2)c1Br. The summed E-state index contributed by atoms with van der Waals surface area (Å²) in [6.07, 6.45) is 1.20. The van der Waals surface area contributed by atoms with Gasteiger partial charge in [-0.3, -0.25) is 0 Å². The Kier molecular flexibility index (Phi) is 2.10. The molecule has 0 unspecified atom stereocenters. The fourth-order valence-corrected chi connectivity index (χ4v) is 1.41. The van der Waals surface area contributed by atoms with E-state index in [1.165, 1.54) is 12.5 Å². The summed E-state index contributed by atoms with van der Waals surface area (Å²) in [5, 5.41) is 3.61. The molecule has 0 fully saturated rings. The molecule has 5 heteroatoms.